The highest BCUT2D eigenvalue weighted by molar-refractivity contribution is 5.97. The molecule has 0 aliphatic heterocycles. The smallest absolute Gasteiger partial charge is 0.332 e. The molecule has 6 atom stereocenters. The number of primary amides is 2. The minimum absolute atomic E-state index is 0.213. The quantitative estimate of drug-likeness (QED) is 0.403. The van der Waals surface area contributed by atoms with Crippen LogP contribution in [0.2, 0.25) is 0 Å². The monoisotopic (exact) mass is 428 g/mol. The normalized spacial score (nSPS) is 40.9. The van der Waals surface area contributed by atoms with Crippen molar-refractivity contribution in [1.29, 1.82) is 0 Å². The van der Waals surface area contributed by atoms with Crippen molar-refractivity contribution in [3.05, 3.63) is 11.6 Å². The maximum atomic E-state index is 11.1. The number of nitrogens with zero attached hydrogens (tertiary/aromatic N) is 2. The highest BCUT2D eigenvalue weighted by Gasteiger charge is 2.59. The van der Waals surface area contributed by atoms with Gasteiger partial charge in [-0.15, -0.1) is 0 Å². The molecule has 8 heteroatoms. The fraction of sp³-hybridized carbons (Fsp3) is 0.739. The van der Waals surface area contributed by atoms with Gasteiger partial charge in [0.15, 0.2) is 0 Å². The zero-order valence-electron chi connectivity index (χ0n) is 18.9. The van der Waals surface area contributed by atoms with Gasteiger partial charge in [0.05, 0.1) is 5.71 Å². The summed E-state index contributed by atoms with van der Waals surface area (Å²) in [6, 6.07) is -1.22. The molecule has 170 valence electrons. The molecule has 6 unspecified atom stereocenters. The topological polar surface area (TPSA) is 135 Å². The van der Waals surface area contributed by atoms with Gasteiger partial charge in [0.1, 0.15) is 0 Å². The van der Waals surface area contributed by atoms with E-state index in [-0.39, 0.29) is 10.8 Å². The molecule has 4 rings (SSSR count). The third kappa shape index (κ3) is 3.74. The van der Waals surface area contributed by atoms with Crippen LogP contribution in [0, 0.1) is 34.5 Å². The molecule has 0 saturated heterocycles. The molecule has 8 nitrogen and oxygen atoms in total. The molecule has 6 N–H and O–H groups in total. The van der Waals surface area contributed by atoms with Crippen molar-refractivity contribution < 1.29 is 9.59 Å². The Morgan fingerprint density at radius 3 is 2.45 bits per heavy atom. The number of hydrogen-bond acceptors (Lipinski definition) is 4. The van der Waals surface area contributed by atoms with E-state index in [0.717, 1.165) is 43.0 Å². The predicted octanol–water partition coefficient (Wildman–Crippen LogP) is 3.63. The molecule has 0 spiro atoms. The van der Waals surface area contributed by atoms with Crippen LogP contribution in [0.3, 0.4) is 0 Å². The second-order valence-electron chi connectivity index (χ2n) is 10.5. The number of hydrogen-bond donors (Lipinski definition) is 4. The predicted molar refractivity (Wildman–Crippen MR) is 121 cm³/mol. The van der Waals surface area contributed by atoms with Crippen molar-refractivity contribution in [2.75, 3.05) is 0 Å². The van der Waals surface area contributed by atoms with Gasteiger partial charge in [0, 0.05) is 11.6 Å². The van der Waals surface area contributed by atoms with E-state index in [0.29, 0.717) is 17.8 Å². The van der Waals surface area contributed by atoms with Gasteiger partial charge in [-0.1, -0.05) is 19.4 Å². The summed E-state index contributed by atoms with van der Waals surface area (Å²) in [7, 11) is 0. The van der Waals surface area contributed by atoms with Crippen LogP contribution in [0.4, 0.5) is 9.59 Å². The van der Waals surface area contributed by atoms with Gasteiger partial charge >= 0.3 is 12.1 Å². The molecular weight excluding hydrogens is 392 g/mol. The van der Waals surface area contributed by atoms with Crippen molar-refractivity contribution in [2.24, 2.45) is 56.2 Å². The Morgan fingerprint density at radius 2 is 1.74 bits per heavy atom. The fourth-order valence-electron chi connectivity index (χ4n) is 7.69. The van der Waals surface area contributed by atoms with Crippen molar-refractivity contribution in [1.82, 2.24) is 10.9 Å². The number of urea groups is 2. The number of fused-ring (bicyclic) bond motifs is 5. The fourth-order valence-corrected chi connectivity index (χ4v) is 7.69. The van der Waals surface area contributed by atoms with Gasteiger partial charge in [0.2, 0.25) is 0 Å². The highest BCUT2D eigenvalue weighted by atomic mass is 16.2. The minimum Gasteiger partial charge on any atom is -0.350 e. The third-order valence-corrected chi connectivity index (χ3v) is 9.13. The van der Waals surface area contributed by atoms with Crippen LogP contribution in [-0.2, 0) is 0 Å². The van der Waals surface area contributed by atoms with Crippen LogP contribution in [0.15, 0.2) is 21.9 Å². The van der Waals surface area contributed by atoms with Crippen LogP contribution in [-0.4, -0.2) is 23.5 Å². The number of carbonyl (C=O) groups excluding carboxylic acids is 2. The minimum atomic E-state index is -0.616. The summed E-state index contributed by atoms with van der Waals surface area (Å²) in [5, 5.41) is 8.49. The molecule has 4 aliphatic rings. The van der Waals surface area contributed by atoms with Crippen LogP contribution in [0.25, 0.3) is 0 Å². The molecule has 0 bridgehead atoms. The van der Waals surface area contributed by atoms with E-state index in [2.05, 4.69) is 41.0 Å². The lowest BCUT2D eigenvalue weighted by atomic mass is 9.46. The molecule has 0 radical (unpaired) electrons. The Labute approximate surface area is 184 Å². The van der Waals surface area contributed by atoms with E-state index in [1.54, 1.807) is 0 Å². The van der Waals surface area contributed by atoms with Gasteiger partial charge < -0.3 is 11.5 Å². The first-order chi connectivity index (χ1) is 14.6. The van der Waals surface area contributed by atoms with Crippen molar-refractivity contribution in [3.8, 4) is 0 Å². The Balaban J connectivity index is 1.55. The Kier molecular flexibility index (Phi) is 5.60. The van der Waals surface area contributed by atoms with E-state index < -0.39 is 12.1 Å². The lowest BCUT2D eigenvalue weighted by Gasteiger charge is -2.58. The summed E-state index contributed by atoms with van der Waals surface area (Å²) < 4.78 is 0. The average Bonchev–Trinajstić information content (AvgIpc) is 3.07. The van der Waals surface area contributed by atoms with Crippen LogP contribution in [0.1, 0.15) is 72.1 Å². The van der Waals surface area contributed by atoms with E-state index >= 15 is 0 Å². The molecule has 3 saturated carbocycles. The standard InChI is InChI=1S/C23H36N6O2/c1-13(26-28-20(24)30)17-6-7-18-16-5-4-14-12-15(27-29-21(25)31)8-10-22(14,2)19(16)9-11-23(17,18)3/h12,16-19H,4-11H2,1-3H3,(H3,24,28,30)(H3,25,29,31)/b26-13?,27-15+. The van der Waals surface area contributed by atoms with Gasteiger partial charge in [-0.25, -0.2) is 20.4 Å². The zero-order chi connectivity index (χ0) is 22.4. The first-order valence-corrected chi connectivity index (χ1v) is 11.6. The molecular formula is C23H36N6O2. The first kappa shape index (κ1) is 21.8. The van der Waals surface area contributed by atoms with Crippen molar-refractivity contribution in [2.45, 2.75) is 72.1 Å². The number of nitrogens with one attached hydrogen (secondary N) is 2. The largest absolute Gasteiger partial charge is 0.350 e. The Bertz CT molecular complexity index is 864. The Hall–Kier alpha value is -2.38. The third-order valence-electron chi connectivity index (χ3n) is 9.13. The lowest BCUT2D eigenvalue weighted by Crippen LogP contribution is -2.51. The molecule has 0 aromatic heterocycles. The summed E-state index contributed by atoms with van der Waals surface area (Å²) in [5.41, 5.74) is 19.1. The molecule has 0 aromatic carbocycles. The summed E-state index contributed by atoms with van der Waals surface area (Å²) in [6.07, 6.45) is 11.3. The summed E-state index contributed by atoms with van der Waals surface area (Å²) in [6.45, 7) is 6.93. The highest BCUT2D eigenvalue weighted by Crippen LogP contribution is 2.66. The van der Waals surface area contributed by atoms with E-state index in [9.17, 15) is 9.59 Å². The zero-order valence-corrected chi connectivity index (χ0v) is 18.9. The second-order valence-corrected chi connectivity index (χ2v) is 10.5. The summed E-state index contributed by atoms with van der Waals surface area (Å²) in [5.74, 6) is 2.51. The summed E-state index contributed by atoms with van der Waals surface area (Å²) >= 11 is 0. The SMILES string of the molecule is CC(=NNC(N)=O)C1CCC2C3CCC4=C/C(=N/NC(N)=O)CCC4(C)C3CCC12C. The Morgan fingerprint density at radius 1 is 1.00 bits per heavy atom. The number of hydrazone groups is 2. The van der Waals surface area contributed by atoms with E-state index in [1.165, 1.54) is 31.3 Å². The molecule has 31 heavy (non-hydrogen) atoms. The summed E-state index contributed by atoms with van der Waals surface area (Å²) in [4.78, 5) is 22.1. The molecule has 0 aromatic rings. The van der Waals surface area contributed by atoms with Gasteiger partial charge in [-0.2, -0.15) is 10.2 Å². The van der Waals surface area contributed by atoms with Gasteiger partial charge in [-0.05, 0) is 93.0 Å². The van der Waals surface area contributed by atoms with Crippen molar-refractivity contribution >= 4 is 23.5 Å². The average molecular weight is 429 g/mol. The van der Waals surface area contributed by atoms with E-state index in [1.807, 2.05) is 6.92 Å². The lowest BCUT2D eigenvalue weighted by molar-refractivity contribution is -0.0407. The van der Waals surface area contributed by atoms with Gasteiger partial charge in [-0.3, -0.25) is 0 Å². The second kappa shape index (κ2) is 7.95. The van der Waals surface area contributed by atoms with Crippen LogP contribution < -0.4 is 22.3 Å². The van der Waals surface area contributed by atoms with Crippen LogP contribution in [0.5, 0.6) is 0 Å². The molecule has 0 heterocycles. The number of amides is 4. The number of rotatable bonds is 3. The first-order valence-electron chi connectivity index (χ1n) is 11.6. The maximum Gasteiger partial charge on any atom is 0.332 e. The van der Waals surface area contributed by atoms with Gasteiger partial charge in [0.25, 0.3) is 0 Å². The van der Waals surface area contributed by atoms with E-state index in [4.69, 9.17) is 11.5 Å². The molecule has 4 aliphatic carbocycles. The number of nitrogens with two attached hydrogens (primary N) is 2. The molecule has 3 fully saturated rings. The number of allylic oxidation sites excluding steroid dienone is 2. The number of carbonyl (C=O) groups is 2. The van der Waals surface area contributed by atoms with Crippen molar-refractivity contribution in [3.63, 3.8) is 0 Å². The maximum absolute atomic E-state index is 11.1. The molecule has 4 amide bonds. The van der Waals surface area contributed by atoms with Crippen LogP contribution >= 0.6 is 0 Å².